The fraction of sp³-hybridized carbons (Fsp3) is 1.00. The van der Waals surface area contributed by atoms with Crippen molar-refractivity contribution in [1.82, 2.24) is 9.80 Å². The lowest BCUT2D eigenvalue weighted by Gasteiger charge is -2.40. The number of hydrogen-bond donors (Lipinski definition) is 1. The summed E-state index contributed by atoms with van der Waals surface area (Å²) in [6.07, 6.45) is 2.83. The average Bonchev–Trinajstić information content (AvgIpc) is 2.64. The zero-order chi connectivity index (χ0) is 10.9. The van der Waals surface area contributed by atoms with Crippen LogP contribution in [0.4, 0.5) is 0 Å². The van der Waals surface area contributed by atoms with Crippen LogP contribution in [0.2, 0.25) is 0 Å². The maximum atomic E-state index is 4.44. The van der Waals surface area contributed by atoms with Gasteiger partial charge in [-0.2, -0.15) is 12.6 Å². The molecule has 88 valence electrons. The highest BCUT2D eigenvalue weighted by Gasteiger charge is 2.32. The van der Waals surface area contributed by atoms with Gasteiger partial charge in [0, 0.05) is 32.2 Å². The fourth-order valence-electron chi connectivity index (χ4n) is 2.85. The third-order valence-electron chi connectivity index (χ3n) is 3.75. The summed E-state index contributed by atoms with van der Waals surface area (Å²) >= 11 is 4.44. The molecule has 1 atom stereocenters. The minimum atomic E-state index is 0.365. The maximum Gasteiger partial charge on any atom is 0.0224 e. The topological polar surface area (TPSA) is 6.48 Å². The number of nitrogens with zero attached hydrogens (tertiary/aromatic N) is 2. The fourth-order valence-corrected chi connectivity index (χ4v) is 2.95. The third kappa shape index (κ3) is 2.89. The average molecular weight is 228 g/mol. The smallest absolute Gasteiger partial charge is 0.0224 e. The van der Waals surface area contributed by atoms with Gasteiger partial charge in [-0.25, -0.2) is 0 Å². The van der Waals surface area contributed by atoms with E-state index in [9.17, 15) is 0 Å². The molecule has 0 spiro atoms. The van der Waals surface area contributed by atoms with E-state index in [1.165, 1.54) is 45.6 Å². The van der Waals surface area contributed by atoms with Crippen molar-refractivity contribution in [2.24, 2.45) is 5.41 Å². The van der Waals surface area contributed by atoms with Gasteiger partial charge in [0.25, 0.3) is 0 Å². The molecular weight excluding hydrogens is 204 g/mol. The van der Waals surface area contributed by atoms with Crippen LogP contribution in [0.1, 0.15) is 26.7 Å². The normalized spacial score (nSPS) is 29.4. The molecule has 0 amide bonds. The van der Waals surface area contributed by atoms with Crippen LogP contribution in [-0.4, -0.2) is 54.3 Å². The van der Waals surface area contributed by atoms with Crippen molar-refractivity contribution >= 4 is 12.6 Å². The Morgan fingerprint density at radius 1 is 1.27 bits per heavy atom. The highest BCUT2D eigenvalue weighted by molar-refractivity contribution is 7.80. The minimum absolute atomic E-state index is 0.365. The molecule has 0 aromatic heterocycles. The molecule has 0 saturated carbocycles. The van der Waals surface area contributed by atoms with Gasteiger partial charge in [-0.3, -0.25) is 9.80 Å². The summed E-state index contributed by atoms with van der Waals surface area (Å²) < 4.78 is 0. The monoisotopic (exact) mass is 228 g/mol. The van der Waals surface area contributed by atoms with E-state index in [2.05, 4.69) is 36.3 Å². The molecule has 0 aromatic carbocycles. The molecule has 2 aliphatic heterocycles. The first-order valence-electron chi connectivity index (χ1n) is 6.18. The zero-order valence-corrected chi connectivity index (χ0v) is 11.0. The molecule has 2 rings (SSSR count). The van der Waals surface area contributed by atoms with Gasteiger partial charge in [0.05, 0.1) is 0 Å². The van der Waals surface area contributed by atoms with Crippen LogP contribution >= 0.6 is 12.6 Å². The van der Waals surface area contributed by atoms with Crippen LogP contribution in [0.5, 0.6) is 0 Å². The summed E-state index contributed by atoms with van der Waals surface area (Å²) in [6, 6.07) is 0.856. The van der Waals surface area contributed by atoms with Gasteiger partial charge in [-0.15, -0.1) is 0 Å². The molecule has 0 N–H and O–H groups in total. The highest BCUT2D eigenvalue weighted by atomic mass is 32.1. The number of rotatable bonds is 3. The molecule has 0 bridgehead atoms. The van der Waals surface area contributed by atoms with Crippen LogP contribution < -0.4 is 0 Å². The van der Waals surface area contributed by atoms with Crippen molar-refractivity contribution in [3.05, 3.63) is 0 Å². The minimum Gasteiger partial charge on any atom is -0.300 e. The summed E-state index contributed by atoms with van der Waals surface area (Å²) in [5.74, 6) is 0.984. The Morgan fingerprint density at radius 2 is 2.07 bits per heavy atom. The van der Waals surface area contributed by atoms with Crippen LogP contribution in [0.3, 0.4) is 0 Å². The van der Waals surface area contributed by atoms with Crippen molar-refractivity contribution in [3.63, 3.8) is 0 Å². The Kier molecular flexibility index (Phi) is 3.63. The second-order valence-corrected chi connectivity index (χ2v) is 6.21. The Hall–Kier alpha value is 0.270. The predicted molar refractivity (Wildman–Crippen MR) is 68.7 cm³/mol. The third-order valence-corrected chi connectivity index (χ3v) is 4.61. The number of fused-ring (bicyclic) bond motifs is 1. The number of piperazine rings is 1. The van der Waals surface area contributed by atoms with E-state index < -0.39 is 0 Å². The van der Waals surface area contributed by atoms with Gasteiger partial charge in [0.1, 0.15) is 0 Å². The Morgan fingerprint density at radius 3 is 2.80 bits per heavy atom. The van der Waals surface area contributed by atoms with Crippen molar-refractivity contribution < 1.29 is 0 Å². The first-order chi connectivity index (χ1) is 7.11. The van der Waals surface area contributed by atoms with Crippen molar-refractivity contribution in [3.8, 4) is 0 Å². The summed E-state index contributed by atoms with van der Waals surface area (Å²) in [5, 5.41) is 0. The number of thiol groups is 1. The van der Waals surface area contributed by atoms with Crippen LogP contribution in [0, 0.1) is 5.41 Å². The van der Waals surface area contributed by atoms with Crippen molar-refractivity contribution in [2.75, 3.05) is 38.5 Å². The second kappa shape index (κ2) is 4.64. The van der Waals surface area contributed by atoms with Gasteiger partial charge in [-0.05, 0) is 30.6 Å². The lowest BCUT2D eigenvalue weighted by atomic mass is 9.95. The van der Waals surface area contributed by atoms with Gasteiger partial charge in [0.2, 0.25) is 0 Å². The SMILES string of the molecule is CC(C)(CS)CN1CCN2CCCC2C1. The molecule has 2 saturated heterocycles. The summed E-state index contributed by atoms with van der Waals surface area (Å²) in [7, 11) is 0. The molecule has 2 fully saturated rings. The zero-order valence-electron chi connectivity index (χ0n) is 10.1. The summed E-state index contributed by atoms with van der Waals surface area (Å²) in [5.41, 5.74) is 0.365. The quantitative estimate of drug-likeness (QED) is 0.735. The molecule has 0 aromatic rings. The van der Waals surface area contributed by atoms with Gasteiger partial charge in [0.15, 0.2) is 0 Å². The van der Waals surface area contributed by atoms with Crippen LogP contribution in [0.15, 0.2) is 0 Å². The van der Waals surface area contributed by atoms with Crippen molar-refractivity contribution in [2.45, 2.75) is 32.7 Å². The second-order valence-electron chi connectivity index (χ2n) is 5.89. The number of hydrogen-bond acceptors (Lipinski definition) is 3. The Balaban J connectivity index is 1.85. The lowest BCUT2D eigenvalue weighted by Crippen LogP contribution is -2.52. The molecule has 2 heterocycles. The Labute approximate surface area is 99.4 Å². The van der Waals surface area contributed by atoms with Crippen molar-refractivity contribution in [1.29, 1.82) is 0 Å². The van der Waals surface area contributed by atoms with E-state index in [1.54, 1.807) is 0 Å². The van der Waals surface area contributed by atoms with E-state index in [-0.39, 0.29) is 0 Å². The molecular formula is C12H24N2S. The van der Waals surface area contributed by atoms with E-state index in [1.807, 2.05) is 0 Å². The molecule has 0 radical (unpaired) electrons. The van der Waals surface area contributed by atoms with Gasteiger partial charge < -0.3 is 0 Å². The van der Waals surface area contributed by atoms with Gasteiger partial charge in [-0.1, -0.05) is 13.8 Å². The molecule has 1 unspecified atom stereocenters. The van der Waals surface area contributed by atoms with Crippen LogP contribution in [0.25, 0.3) is 0 Å². The first-order valence-corrected chi connectivity index (χ1v) is 6.81. The van der Waals surface area contributed by atoms with E-state index in [0.29, 0.717) is 5.41 Å². The van der Waals surface area contributed by atoms with E-state index in [4.69, 9.17) is 0 Å². The summed E-state index contributed by atoms with van der Waals surface area (Å²) in [6.45, 7) is 11.0. The molecule has 2 nitrogen and oxygen atoms in total. The largest absolute Gasteiger partial charge is 0.300 e. The standard InChI is InChI=1S/C12H24N2S/c1-12(2,10-15)9-13-6-7-14-5-3-4-11(14)8-13/h11,15H,3-10H2,1-2H3. The van der Waals surface area contributed by atoms with E-state index in [0.717, 1.165) is 11.8 Å². The molecule has 15 heavy (non-hydrogen) atoms. The molecule has 2 aliphatic rings. The first kappa shape index (κ1) is 11.7. The summed E-state index contributed by atoms with van der Waals surface area (Å²) in [4.78, 5) is 5.31. The Bertz CT molecular complexity index is 218. The molecule has 0 aliphatic carbocycles. The predicted octanol–water partition coefficient (Wildman–Crippen LogP) is 1.72. The highest BCUT2D eigenvalue weighted by Crippen LogP contribution is 2.25. The van der Waals surface area contributed by atoms with E-state index >= 15 is 0 Å². The maximum absolute atomic E-state index is 4.44. The molecule has 3 heteroatoms. The van der Waals surface area contributed by atoms with Crippen LogP contribution in [-0.2, 0) is 0 Å². The van der Waals surface area contributed by atoms with Gasteiger partial charge >= 0.3 is 0 Å². The lowest BCUT2D eigenvalue weighted by molar-refractivity contribution is 0.0802.